The van der Waals surface area contributed by atoms with Crippen molar-refractivity contribution < 1.29 is 14.0 Å². The van der Waals surface area contributed by atoms with Gasteiger partial charge in [0.05, 0.1) is 18.3 Å². The Morgan fingerprint density at radius 1 is 1.06 bits per heavy atom. The number of nitrogens with one attached hydrogen (secondary N) is 1. The third-order valence-electron chi connectivity index (χ3n) is 8.15. The number of furan rings is 1. The summed E-state index contributed by atoms with van der Waals surface area (Å²) in [5.41, 5.74) is 1.35. The Morgan fingerprint density at radius 2 is 1.71 bits per heavy atom. The third kappa shape index (κ3) is 3.48. The predicted octanol–water partition coefficient (Wildman–Crippen LogP) is 4.72. The average molecular weight is 426 g/mol. The number of amides is 2. The van der Waals surface area contributed by atoms with Gasteiger partial charge in [-0.15, -0.1) is 0 Å². The molecule has 6 nitrogen and oxygen atoms in total. The van der Waals surface area contributed by atoms with Crippen molar-refractivity contribution in [1.29, 1.82) is 0 Å². The molecule has 6 heteroatoms. The maximum atomic E-state index is 13.8. The lowest BCUT2D eigenvalue weighted by molar-refractivity contribution is -0.135. The molecular formula is C25H35N3O3. The molecule has 2 amide bonds. The van der Waals surface area contributed by atoms with E-state index in [1.807, 2.05) is 28.5 Å². The maximum absolute atomic E-state index is 13.8. The lowest BCUT2D eigenvalue weighted by Gasteiger charge is -2.49. The van der Waals surface area contributed by atoms with Gasteiger partial charge in [-0.25, -0.2) is 0 Å². The van der Waals surface area contributed by atoms with Gasteiger partial charge in [-0.05, 0) is 70.1 Å². The van der Waals surface area contributed by atoms with Crippen molar-refractivity contribution in [3.63, 3.8) is 0 Å². The van der Waals surface area contributed by atoms with E-state index in [1.54, 1.807) is 6.26 Å². The molecule has 0 spiro atoms. The summed E-state index contributed by atoms with van der Waals surface area (Å²) in [6, 6.07) is 4.06. The molecule has 0 radical (unpaired) electrons. The van der Waals surface area contributed by atoms with Gasteiger partial charge >= 0.3 is 0 Å². The Hall–Kier alpha value is -2.24. The minimum Gasteiger partial charge on any atom is -0.463 e. The quantitative estimate of drug-likeness (QED) is 0.774. The standard InChI is InChI=1S/C25H35N3O3/c1-16-4-8-18(9-5-16)26-24(30)25(3)15-27-20-12-13-31-22(20)14-21(27)23(29)28(25)19-10-6-17(2)7-11-19/h12-14,16-19H,4-11,15H2,1-3H3,(H,26,30)/t16?,17?,18?,19?,25-/m0/s1. The minimum atomic E-state index is -0.901. The Bertz CT molecular complexity index is 975. The predicted molar refractivity (Wildman–Crippen MR) is 120 cm³/mol. The van der Waals surface area contributed by atoms with Crippen molar-refractivity contribution in [2.75, 3.05) is 0 Å². The molecule has 168 valence electrons. The summed E-state index contributed by atoms with van der Waals surface area (Å²) in [5, 5.41) is 3.34. The summed E-state index contributed by atoms with van der Waals surface area (Å²) in [5.74, 6) is 1.38. The van der Waals surface area contributed by atoms with E-state index < -0.39 is 5.54 Å². The van der Waals surface area contributed by atoms with E-state index in [2.05, 4.69) is 19.2 Å². The van der Waals surface area contributed by atoms with E-state index in [1.165, 1.54) is 0 Å². The molecule has 0 unspecified atom stereocenters. The smallest absolute Gasteiger partial charge is 0.271 e. The Labute approximate surface area is 184 Å². The molecular weight excluding hydrogens is 390 g/mol. The van der Waals surface area contributed by atoms with Crippen LogP contribution in [-0.2, 0) is 11.3 Å². The zero-order valence-electron chi connectivity index (χ0n) is 19.0. The SMILES string of the molecule is CC1CCC(NC(=O)[C@]2(C)Cn3c(cc4occc43)C(=O)N2C2CCC(C)CC2)CC1. The van der Waals surface area contributed by atoms with Crippen LogP contribution in [0.5, 0.6) is 0 Å². The second kappa shape index (κ2) is 7.72. The van der Waals surface area contributed by atoms with E-state index >= 15 is 0 Å². The van der Waals surface area contributed by atoms with Crippen molar-refractivity contribution in [2.24, 2.45) is 11.8 Å². The van der Waals surface area contributed by atoms with Crippen LogP contribution < -0.4 is 5.32 Å². The van der Waals surface area contributed by atoms with Crippen molar-refractivity contribution in [3.8, 4) is 0 Å². The molecule has 1 atom stereocenters. The summed E-state index contributed by atoms with van der Waals surface area (Å²) in [7, 11) is 0. The van der Waals surface area contributed by atoms with E-state index in [4.69, 9.17) is 4.42 Å². The van der Waals surface area contributed by atoms with Gasteiger partial charge in [0, 0.05) is 24.2 Å². The third-order valence-corrected chi connectivity index (χ3v) is 8.15. The molecule has 2 saturated carbocycles. The van der Waals surface area contributed by atoms with Crippen LogP contribution >= 0.6 is 0 Å². The monoisotopic (exact) mass is 425 g/mol. The average Bonchev–Trinajstić information content (AvgIpc) is 3.33. The van der Waals surface area contributed by atoms with Crippen LogP contribution in [0.4, 0.5) is 0 Å². The van der Waals surface area contributed by atoms with Gasteiger partial charge in [-0.2, -0.15) is 0 Å². The largest absolute Gasteiger partial charge is 0.463 e. The number of nitrogens with zero attached hydrogens (tertiary/aromatic N) is 2. The van der Waals surface area contributed by atoms with Gasteiger partial charge in [0.1, 0.15) is 11.2 Å². The molecule has 2 aromatic heterocycles. The summed E-state index contributed by atoms with van der Waals surface area (Å²) in [6.45, 7) is 7.01. The van der Waals surface area contributed by atoms with E-state index in [0.717, 1.165) is 62.8 Å². The van der Waals surface area contributed by atoms with Crippen LogP contribution in [0.2, 0.25) is 0 Å². The Balaban J connectivity index is 1.49. The van der Waals surface area contributed by atoms with Gasteiger partial charge in [-0.1, -0.05) is 13.8 Å². The Morgan fingerprint density at radius 3 is 2.39 bits per heavy atom. The van der Waals surface area contributed by atoms with Gasteiger partial charge < -0.3 is 19.2 Å². The Kier molecular flexibility index (Phi) is 5.14. The lowest BCUT2D eigenvalue weighted by Crippen LogP contribution is -2.67. The normalized spacial score (nSPS) is 34.0. The molecule has 3 aliphatic rings. The second-order valence-electron chi connectivity index (χ2n) is 10.6. The second-order valence-corrected chi connectivity index (χ2v) is 10.6. The molecule has 2 aromatic rings. The first kappa shape index (κ1) is 20.7. The highest BCUT2D eigenvalue weighted by atomic mass is 16.3. The fraction of sp³-hybridized carbons (Fsp3) is 0.680. The molecule has 1 N–H and O–H groups in total. The van der Waals surface area contributed by atoms with E-state index in [-0.39, 0.29) is 23.9 Å². The lowest BCUT2D eigenvalue weighted by atomic mass is 9.82. The number of hydrogen-bond acceptors (Lipinski definition) is 3. The first-order chi connectivity index (χ1) is 14.9. The number of fused-ring (bicyclic) bond motifs is 3. The fourth-order valence-corrected chi connectivity index (χ4v) is 6.05. The molecule has 2 aliphatic carbocycles. The zero-order valence-corrected chi connectivity index (χ0v) is 19.0. The highest BCUT2D eigenvalue weighted by Gasteiger charge is 2.51. The zero-order chi connectivity index (χ0) is 21.8. The van der Waals surface area contributed by atoms with Crippen molar-refractivity contribution in [1.82, 2.24) is 14.8 Å². The number of rotatable bonds is 3. The van der Waals surface area contributed by atoms with Crippen molar-refractivity contribution in [2.45, 2.75) is 96.3 Å². The van der Waals surface area contributed by atoms with Crippen molar-refractivity contribution in [3.05, 3.63) is 24.1 Å². The number of aromatic nitrogens is 1. The molecule has 5 rings (SSSR count). The molecule has 0 bridgehead atoms. The van der Waals surface area contributed by atoms with Gasteiger partial charge in [-0.3, -0.25) is 9.59 Å². The van der Waals surface area contributed by atoms with Gasteiger partial charge in [0.2, 0.25) is 5.91 Å². The van der Waals surface area contributed by atoms with Crippen LogP contribution in [0.3, 0.4) is 0 Å². The number of carbonyl (C=O) groups is 2. The number of carbonyl (C=O) groups excluding carboxylic acids is 2. The van der Waals surface area contributed by atoms with Crippen molar-refractivity contribution >= 4 is 22.9 Å². The van der Waals surface area contributed by atoms with E-state index in [0.29, 0.717) is 23.7 Å². The minimum absolute atomic E-state index is 0.00461. The van der Waals surface area contributed by atoms with Crippen LogP contribution in [0.25, 0.3) is 11.1 Å². The summed E-state index contributed by atoms with van der Waals surface area (Å²) < 4.78 is 7.57. The van der Waals surface area contributed by atoms with Gasteiger partial charge in [0.15, 0.2) is 5.58 Å². The summed E-state index contributed by atoms with van der Waals surface area (Å²) in [6.07, 6.45) is 10.2. The highest BCUT2D eigenvalue weighted by Crippen LogP contribution is 2.38. The fourth-order valence-electron chi connectivity index (χ4n) is 6.05. The molecule has 31 heavy (non-hydrogen) atoms. The maximum Gasteiger partial charge on any atom is 0.271 e. The topological polar surface area (TPSA) is 67.5 Å². The molecule has 2 fully saturated rings. The van der Waals surface area contributed by atoms with Crippen LogP contribution in [-0.4, -0.2) is 38.9 Å². The van der Waals surface area contributed by atoms with Crippen LogP contribution in [0, 0.1) is 11.8 Å². The molecule has 1 aliphatic heterocycles. The van der Waals surface area contributed by atoms with Crippen LogP contribution in [0.15, 0.2) is 22.8 Å². The molecule has 0 saturated heterocycles. The molecule has 0 aromatic carbocycles. The van der Waals surface area contributed by atoms with E-state index in [9.17, 15) is 9.59 Å². The number of hydrogen-bond donors (Lipinski definition) is 1. The summed E-state index contributed by atoms with van der Waals surface area (Å²) >= 11 is 0. The first-order valence-electron chi connectivity index (χ1n) is 12.1. The van der Waals surface area contributed by atoms with Gasteiger partial charge in [0.25, 0.3) is 5.91 Å². The molecule has 3 heterocycles. The highest BCUT2D eigenvalue weighted by molar-refractivity contribution is 6.03. The summed E-state index contributed by atoms with van der Waals surface area (Å²) in [4.78, 5) is 29.5. The first-order valence-corrected chi connectivity index (χ1v) is 12.1. The van der Waals surface area contributed by atoms with Crippen LogP contribution in [0.1, 0.15) is 82.6 Å².